The third-order valence-electron chi connectivity index (χ3n) is 5.84. The summed E-state index contributed by atoms with van der Waals surface area (Å²) in [6, 6.07) is 4.63. The molecule has 2 saturated heterocycles. The van der Waals surface area contributed by atoms with Gasteiger partial charge in [-0.2, -0.15) is 4.31 Å². The molecule has 0 bridgehead atoms. The van der Waals surface area contributed by atoms with Crippen molar-refractivity contribution in [1.29, 1.82) is 0 Å². The maximum Gasteiger partial charge on any atom is 0.409 e. The monoisotopic (exact) mass is 469 g/mol. The van der Waals surface area contributed by atoms with E-state index in [0.29, 0.717) is 57.9 Å². The van der Waals surface area contributed by atoms with Crippen LogP contribution in [0.2, 0.25) is 0 Å². The van der Waals surface area contributed by atoms with Crippen LogP contribution in [0.3, 0.4) is 0 Å². The SMILES string of the molecule is CCOC(=O)N1CCN(C(=O)[C@H]2CCCN(S(=O)(=O)c3cc(OC)ccc3OC)C2)CC1. The van der Waals surface area contributed by atoms with Gasteiger partial charge in [-0.3, -0.25) is 4.79 Å². The van der Waals surface area contributed by atoms with E-state index in [2.05, 4.69) is 0 Å². The van der Waals surface area contributed by atoms with Crippen molar-refractivity contribution >= 4 is 22.0 Å². The number of amides is 2. The molecular formula is C21H31N3O7S. The highest BCUT2D eigenvalue weighted by molar-refractivity contribution is 7.89. The number of rotatable bonds is 6. The van der Waals surface area contributed by atoms with E-state index < -0.39 is 15.9 Å². The molecule has 0 aliphatic carbocycles. The van der Waals surface area contributed by atoms with Crippen molar-refractivity contribution in [3.63, 3.8) is 0 Å². The van der Waals surface area contributed by atoms with Gasteiger partial charge in [-0.15, -0.1) is 0 Å². The van der Waals surface area contributed by atoms with Crippen molar-refractivity contribution in [1.82, 2.24) is 14.1 Å². The highest BCUT2D eigenvalue weighted by Gasteiger charge is 2.37. The molecule has 2 aliphatic heterocycles. The van der Waals surface area contributed by atoms with Crippen LogP contribution in [0.1, 0.15) is 19.8 Å². The second-order valence-electron chi connectivity index (χ2n) is 7.73. The van der Waals surface area contributed by atoms with Gasteiger partial charge in [0.05, 0.1) is 26.7 Å². The van der Waals surface area contributed by atoms with Gasteiger partial charge in [0.2, 0.25) is 15.9 Å². The van der Waals surface area contributed by atoms with Crippen LogP contribution < -0.4 is 9.47 Å². The van der Waals surface area contributed by atoms with E-state index in [4.69, 9.17) is 14.2 Å². The van der Waals surface area contributed by atoms with Gasteiger partial charge >= 0.3 is 6.09 Å². The lowest BCUT2D eigenvalue weighted by atomic mass is 9.98. The summed E-state index contributed by atoms with van der Waals surface area (Å²) in [6.45, 7) is 4.13. The molecule has 2 fully saturated rings. The Morgan fingerprint density at radius 3 is 2.34 bits per heavy atom. The van der Waals surface area contributed by atoms with E-state index in [0.717, 1.165) is 0 Å². The number of carbonyl (C=O) groups is 2. The maximum absolute atomic E-state index is 13.4. The Bertz CT molecular complexity index is 929. The van der Waals surface area contributed by atoms with E-state index in [9.17, 15) is 18.0 Å². The first-order valence-electron chi connectivity index (χ1n) is 10.7. The van der Waals surface area contributed by atoms with Gasteiger partial charge in [0.15, 0.2) is 0 Å². The van der Waals surface area contributed by atoms with Crippen molar-refractivity contribution < 1.29 is 32.2 Å². The molecule has 2 heterocycles. The summed E-state index contributed by atoms with van der Waals surface area (Å²) in [5.41, 5.74) is 0. The van der Waals surface area contributed by atoms with Crippen LogP contribution in [-0.4, -0.2) is 94.6 Å². The van der Waals surface area contributed by atoms with Gasteiger partial charge in [-0.1, -0.05) is 0 Å². The molecule has 10 nitrogen and oxygen atoms in total. The standard InChI is InChI=1S/C21H31N3O7S/c1-4-31-21(26)23-12-10-22(11-13-23)20(25)16-6-5-9-24(15-16)32(27,28)19-14-17(29-2)7-8-18(19)30-3/h7-8,14,16H,4-6,9-13,15H2,1-3H3/t16-/m0/s1. The number of hydrogen-bond acceptors (Lipinski definition) is 7. The molecule has 0 N–H and O–H groups in total. The normalized spacial score (nSPS) is 20.0. The molecule has 0 radical (unpaired) electrons. The summed E-state index contributed by atoms with van der Waals surface area (Å²) in [5.74, 6) is 0.137. The summed E-state index contributed by atoms with van der Waals surface area (Å²) < 4.78 is 43.5. The molecule has 2 aliphatic rings. The Morgan fingerprint density at radius 2 is 1.72 bits per heavy atom. The topological polar surface area (TPSA) is 106 Å². The van der Waals surface area contributed by atoms with Crippen molar-refractivity contribution in [3.8, 4) is 11.5 Å². The Kier molecular flexibility index (Phi) is 7.83. The third kappa shape index (κ3) is 5.09. The number of sulfonamides is 1. The quantitative estimate of drug-likeness (QED) is 0.620. The zero-order chi connectivity index (χ0) is 23.3. The zero-order valence-corrected chi connectivity index (χ0v) is 19.6. The van der Waals surface area contributed by atoms with E-state index in [-0.39, 0.29) is 29.2 Å². The molecule has 178 valence electrons. The van der Waals surface area contributed by atoms with Gasteiger partial charge in [0.1, 0.15) is 16.4 Å². The number of nitrogens with zero attached hydrogens (tertiary/aromatic N) is 3. The summed E-state index contributed by atoms with van der Waals surface area (Å²) >= 11 is 0. The highest BCUT2D eigenvalue weighted by atomic mass is 32.2. The molecule has 32 heavy (non-hydrogen) atoms. The van der Waals surface area contributed by atoms with Gasteiger partial charge in [-0.25, -0.2) is 13.2 Å². The van der Waals surface area contributed by atoms with Crippen LogP contribution in [0.15, 0.2) is 23.1 Å². The summed E-state index contributed by atoms with van der Waals surface area (Å²) in [4.78, 5) is 28.3. The minimum absolute atomic E-state index is 0.0236. The third-order valence-corrected chi connectivity index (χ3v) is 7.73. The van der Waals surface area contributed by atoms with Gasteiger partial charge in [-0.05, 0) is 31.9 Å². The predicted octanol–water partition coefficient (Wildman–Crippen LogP) is 1.41. The molecule has 0 unspecified atom stereocenters. The molecule has 1 aromatic carbocycles. The number of ether oxygens (including phenoxy) is 3. The van der Waals surface area contributed by atoms with E-state index in [1.807, 2.05) is 0 Å². The molecule has 0 spiro atoms. The first-order valence-corrected chi connectivity index (χ1v) is 12.2. The van der Waals surface area contributed by atoms with Crippen LogP contribution in [0, 0.1) is 5.92 Å². The molecule has 11 heteroatoms. The Hall–Kier alpha value is -2.53. The van der Waals surface area contributed by atoms with Crippen molar-refractivity contribution in [2.24, 2.45) is 5.92 Å². The number of piperidine rings is 1. The fraction of sp³-hybridized carbons (Fsp3) is 0.619. The van der Waals surface area contributed by atoms with Crippen molar-refractivity contribution in [3.05, 3.63) is 18.2 Å². The Morgan fingerprint density at radius 1 is 1.03 bits per heavy atom. The van der Waals surface area contributed by atoms with Gasteiger partial charge in [0.25, 0.3) is 0 Å². The Balaban J connectivity index is 1.69. The zero-order valence-electron chi connectivity index (χ0n) is 18.8. The Labute approximate surface area is 189 Å². The van der Waals surface area contributed by atoms with Crippen LogP contribution in [0.4, 0.5) is 4.79 Å². The van der Waals surface area contributed by atoms with Crippen LogP contribution in [0.5, 0.6) is 11.5 Å². The van der Waals surface area contributed by atoms with Gasteiger partial charge in [0, 0.05) is 45.3 Å². The average molecular weight is 470 g/mol. The van der Waals surface area contributed by atoms with Crippen LogP contribution in [-0.2, 0) is 19.6 Å². The second kappa shape index (κ2) is 10.4. The molecule has 0 saturated carbocycles. The van der Waals surface area contributed by atoms with Gasteiger partial charge < -0.3 is 24.0 Å². The largest absolute Gasteiger partial charge is 0.497 e. The van der Waals surface area contributed by atoms with Crippen molar-refractivity contribution in [2.45, 2.75) is 24.7 Å². The fourth-order valence-corrected chi connectivity index (χ4v) is 5.76. The molecule has 2 amide bonds. The highest BCUT2D eigenvalue weighted by Crippen LogP contribution is 2.33. The summed E-state index contributed by atoms with van der Waals surface area (Å²) in [5, 5.41) is 0. The molecule has 0 aromatic heterocycles. The lowest BCUT2D eigenvalue weighted by Crippen LogP contribution is -2.54. The van der Waals surface area contributed by atoms with Crippen LogP contribution >= 0.6 is 0 Å². The molecule has 1 aromatic rings. The maximum atomic E-state index is 13.4. The minimum atomic E-state index is -3.87. The predicted molar refractivity (Wildman–Crippen MR) is 116 cm³/mol. The minimum Gasteiger partial charge on any atom is -0.497 e. The number of carbonyl (C=O) groups excluding carboxylic acids is 2. The van der Waals surface area contributed by atoms with E-state index >= 15 is 0 Å². The van der Waals surface area contributed by atoms with Crippen molar-refractivity contribution in [2.75, 3.05) is 60.1 Å². The average Bonchev–Trinajstić information content (AvgIpc) is 2.83. The lowest BCUT2D eigenvalue weighted by molar-refractivity contribution is -0.138. The first kappa shape index (κ1) is 24.1. The molecule has 3 rings (SSSR count). The number of hydrogen-bond donors (Lipinski definition) is 0. The number of benzene rings is 1. The number of methoxy groups -OCH3 is 2. The van der Waals surface area contributed by atoms with E-state index in [1.54, 1.807) is 28.9 Å². The van der Waals surface area contributed by atoms with E-state index in [1.165, 1.54) is 24.6 Å². The second-order valence-corrected chi connectivity index (χ2v) is 9.64. The van der Waals surface area contributed by atoms with Crippen LogP contribution in [0.25, 0.3) is 0 Å². The summed E-state index contributed by atoms with van der Waals surface area (Å²) in [6.07, 6.45) is 0.838. The molecule has 1 atom stereocenters. The smallest absolute Gasteiger partial charge is 0.409 e. The summed E-state index contributed by atoms with van der Waals surface area (Å²) in [7, 11) is -0.989. The molecular weight excluding hydrogens is 438 g/mol. The lowest BCUT2D eigenvalue weighted by Gasteiger charge is -2.38. The first-order chi connectivity index (χ1) is 15.3. The number of piperazine rings is 1. The fourth-order valence-electron chi connectivity index (χ4n) is 4.07.